The molecule has 34 heavy (non-hydrogen) atoms. The van der Waals surface area contributed by atoms with Crippen LogP contribution < -0.4 is 9.46 Å². The number of amides is 1. The lowest BCUT2D eigenvalue weighted by atomic mass is 10.0. The molecule has 0 saturated carbocycles. The predicted octanol–water partition coefficient (Wildman–Crippen LogP) is 3.23. The zero-order valence-electron chi connectivity index (χ0n) is 20.7. The summed E-state index contributed by atoms with van der Waals surface area (Å²) in [5.41, 5.74) is 1.55. The Balaban J connectivity index is 1.95. The summed E-state index contributed by atoms with van der Waals surface area (Å²) >= 11 is 0. The van der Waals surface area contributed by atoms with E-state index < -0.39 is 10.0 Å². The fourth-order valence-corrected chi connectivity index (χ4v) is 5.00. The van der Waals surface area contributed by atoms with Gasteiger partial charge in [0.2, 0.25) is 0 Å². The van der Waals surface area contributed by atoms with Crippen LogP contribution in [0.2, 0.25) is 0 Å². The van der Waals surface area contributed by atoms with Gasteiger partial charge in [-0.15, -0.1) is 0 Å². The number of hydrogen-bond donors (Lipinski definition) is 1. The maximum atomic E-state index is 13.4. The zero-order valence-corrected chi connectivity index (χ0v) is 21.6. The van der Waals surface area contributed by atoms with E-state index in [9.17, 15) is 13.2 Å². The SMILES string of the molecule is CO[C@H]1CN(C)C(=O)c2cc(NS(=O)(=O)c3ccc(C)cc3)ccc2OC[C@H](C)N(C)C[C@H]1C. The fourth-order valence-electron chi connectivity index (χ4n) is 3.95. The van der Waals surface area contributed by atoms with Crippen molar-refractivity contribution in [3.63, 3.8) is 0 Å². The van der Waals surface area contributed by atoms with Crippen molar-refractivity contribution in [2.75, 3.05) is 45.6 Å². The maximum Gasteiger partial charge on any atom is 0.261 e. The lowest BCUT2D eigenvalue weighted by molar-refractivity contribution is 0.0150. The molecule has 0 spiro atoms. The van der Waals surface area contributed by atoms with Gasteiger partial charge in [0, 0.05) is 39.0 Å². The van der Waals surface area contributed by atoms with Gasteiger partial charge in [0.15, 0.2) is 0 Å². The number of anilines is 1. The number of aryl methyl sites for hydroxylation is 1. The van der Waals surface area contributed by atoms with Crippen molar-refractivity contribution in [3.05, 3.63) is 53.6 Å². The molecular formula is C25H35N3O5S. The maximum absolute atomic E-state index is 13.4. The molecule has 8 nitrogen and oxygen atoms in total. The highest BCUT2D eigenvalue weighted by atomic mass is 32.2. The summed E-state index contributed by atoms with van der Waals surface area (Å²) in [4.78, 5) is 17.4. The standard InChI is InChI=1S/C25H35N3O5S/c1-17-7-10-21(11-8-17)34(30,31)26-20-9-12-23-22(13-20)25(29)28(5)15-24(32-6)18(2)14-27(4)19(3)16-33-23/h7-13,18-19,24,26H,14-16H2,1-6H3/t18-,19+,24+/m1/s1. The minimum absolute atomic E-state index is 0.111. The average molecular weight is 490 g/mol. The number of fused-ring (bicyclic) bond motifs is 1. The van der Waals surface area contributed by atoms with Crippen LogP contribution in [0.3, 0.4) is 0 Å². The molecule has 0 aromatic heterocycles. The Kier molecular flexibility index (Phi) is 8.22. The number of nitrogens with one attached hydrogen (secondary N) is 1. The Labute approximate surface area is 202 Å². The molecule has 1 N–H and O–H groups in total. The minimum Gasteiger partial charge on any atom is -0.491 e. The average Bonchev–Trinajstić information content (AvgIpc) is 2.80. The summed E-state index contributed by atoms with van der Waals surface area (Å²) in [6.45, 7) is 7.66. The van der Waals surface area contributed by atoms with Crippen LogP contribution in [-0.2, 0) is 14.8 Å². The molecule has 2 aromatic carbocycles. The van der Waals surface area contributed by atoms with Crippen LogP contribution in [-0.4, -0.2) is 77.2 Å². The number of carbonyl (C=O) groups is 1. The van der Waals surface area contributed by atoms with E-state index in [4.69, 9.17) is 9.47 Å². The molecule has 3 rings (SSSR count). The Morgan fingerprint density at radius 1 is 1.06 bits per heavy atom. The second-order valence-corrected chi connectivity index (χ2v) is 10.8. The number of carbonyl (C=O) groups excluding carboxylic acids is 1. The van der Waals surface area contributed by atoms with Crippen molar-refractivity contribution < 1.29 is 22.7 Å². The van der Waals surface area contributed by atoms with E-state index in [2.05, 4.69) is 23.5 Å². The first-order valence-corrected chi connectivity index (χ1v) is 12.8. The van der Waals surface area contributed by atoms with Crippen molar-refractivity contribution in [1.29, 1.82) is 0 Å². The van der Waals surface area contributed by atoms with Crippen LogP contribution >= 0.6 is 0 Å². The molecule has 3 atom stereocenters. The Bertz CT molecular complexity index is 1100. The number of nitrogens with zero attached hydrogens (tertiary/aromatic N) is 2. The topological polar surface area (TPSA) is 88.2 Å². The van der Waals surface area contributed by atoms with Crippen molar-refractivity contribution in [1.82, 2.24) is 9.80 Å². The van der Waals surface area contributed by atoms with Gasteiger partial charge in [-0.05, 0) is 57.1 Å². The lowest BCUT2D eigenvalue weighted by Crippen LogP contribution is -2.45. The Morgan fingerprint density at radius 2 is 1.74 bits per heavy atom. The number of benzene rings is 2. The van der Waals surface area contributed by atoms with Gasteiger partial charge in [0.25, 0.3) is 15.9 Å². The highest BCUT2D eigenvalue weighted by Crippen LogP contribution is 2.27. The van der Waals surface area contributed by atoms with E-state index in [1.807, 2.05) is 14.0 Å². The fraction of sp³-hybridized carbons (Fsp3) is 0.480. The Morgan fingerprint density at radius 3 is 2.38 bits per heavy atom. The molecule has 186 valence electrons. The number of rotatable bonds is 4. The molecule has 0 saturated heterocycles. The van der Waals surface area contributed by atoms with E-state index in [-0.39, 0.29) is 28.9 Å². The first-order chi connectivity index (χ1) is 16.0. The molecule has 0 fully saturated rings. The molecule has 0 bridgehead atoms. The lowest BCUT2D eigenvalue weighted by Gasteiger charge is -2.34. The summed E-state index contributed by atoms with van der Waals surface area (Å²) in [5.74, 6) is 0.347. The quantitative estimate of drug-likeness (QED) is 0.710. The summed E-state index contributed by atoms with van der Waals surface area (Å²) in [5, 5.41) is 0. The highest BCUT2D eigenvalue weighted by Gasteiger charge is 2.27. The smallest absolute Gasteiger partial charge is 0.261 e. The molecule has 1 aliphatic heterocycles. The molecule has 1 aliphatic rings. The molecule has 0 aliphatic carbocycles. The van der Waals surface area contributed by atoms with Crippen LogP contribution in [0.5, 0.6) is 5.75 Å². The molecule has 2 aromatic rings. The normalized spacial score (nSPS) is 22.8. The van der Waals surface area contributed by atoms with E-state index in [0.29, 0.717) is 30.2 Å². The Hall–Kier alpha value is -2.62. The van der Waals surface area contributed by atoms with Gasteiger partial charge < -0.3 is 14.4 Å². The van der Waals surface area contributed by atoms with Crippen LogP contribution in [0.4, 0.5) is 5.69 Å². The van der Waals surface area contributed by atoms with Gasteiger partial charge in [0.05, 0.1) is 16.6 Å². The summed E-state index contributed by atoms with van der Waals surface area (Å²) in [6, 6.07) is 11.5. The molecule has 1 heterocycles. The predicted molar refractivity (Wildman–Crippen MR) is 133 cm³/mol. The molecule has 0 unspecified atom stereocenters. The third kappa shape index (κ3) is 6.08. The molecule has 9 heteroatoms. The number of ether oxygens (including phenoxy) is 2. The van der Waals surface area contributed by atoms with Crippen LogP contribution in [0.25, 0.3) is 0 Å². The molecule has 1 amide bonds. The highest BCUT2D eigenvalue weighted by molar-refractivity contribution is 7.92. The third-order valence-corrected chi connectivity index (χ3v) is 7.74. The van der Waals surface area contributed by atoms with Gasteiger partial charge in [0.1, 0.15) is 12.4 Å². The largest absolute Gasteiger partial charge is 0.491 e. The van der Waals surface area contributed by atoms with Gasteiger partial charge in [-0.3, -0.25) is 14.4 Å². The van der Waals surface area contributed by atoms with Crippen LogP contribution in [0.15, 0.2) is 47.4 Å². The minimum atomic E-state index is -3.81. The molecular weight excluding hydrogens is 454 g/mol. The second kappa shape index (κ2) is 10.8. The zero-order chi connectivity index (χ0) is 25.0. The first-order valence-electron chi connectivity index (χ1n) is 11.4. The number of methoxy groups -OCH3 is 1. The van der Waals surface area contributed by atoms with Crippen molar-refractivity contribution in [2.24, 2.45) is 5.92 Å². The van der Waals surface area contributed by atoms with E-state index in [1.54, 1.807) is 55.5 Å². The summed E-state index contributed by atoms with van der Waals surface area (Å²) < 4.78 is 40.1. The van der Waals surface area contributed by atoms with Crippen LogP contribution in [0, 0.1) is 12.8 Å². The van der Waals surface area contributed by atoms with E-state index in [1.165, 1.54) is 6.07 Å². The van der Waals surface area contributed by atoms with Crippen LogP contribution in [0.1, 0.15) is 29.8 Å². The van der Waals surface area contributed by atoms with Gasteiger partial charge in [-0.25, -0.2) is 8.42 Å². The summed E-state index contributed by atoms with van der Waals surface area (Å²) in [6.07, 6.45) is -0.143. The third-order valence-electron chi connectivity index (χ3n) is 6.34. The van der Waals surface area contributed by atoms with E-state index in [0.717, 1.165) is 12.1 Å². The van der Waals surface area contributed by atoms with Crippen molar-refractivity contribution in [3.8, 4) is 5.75 Å². The van der Waals surface area contributed by atoms with Gasteiger partial charge in [-0.2, -0.15) is 0 Å². The number of sulfonamides is 1. The second-order valence-electron chi connectivity index (χ2n) is 9.17. The first kappa shape index (κ1) is 26.0. The monoisotopic (exact) mass is 489 g/mol. The number of hydrogen-bond acceptors (Lipinski definition) is 6. The molecule has 0 radical (unpaired) electrons. The summed E-state index contributed by atoms with van der Waals surface area (Å²) in [7, 11) is 1.61. The van der Waals surface area contributed by atoms with Crippen molar-refractivity contribution in [2.45, 2.75) is 37.8 Å². The van der Waals surface area contributed by atoms with Crippen molar-refractivity contribution >= 4 is 21.6 Å². The van der Waals surface area contributed by atoms with Gasteiger partial charge >= 0.3 is 0 Å². The van der Waals surface area contributed by atoms with E-state index >= 15 is 0 Å². The van der Waals surface area contributed by atoms with Gasteiger partial charge in [-0.1, -0.05) is 24.6 Å². The number of likely N-dealkylation sites (N-methyl/N-ethyl adjacent to an activating group) is 2.